The molecule has 2 aromatic rings. The molecule has 0 aliphatic heterocycles. The highest BCUT2D eigenvalue weighted by Crippen LogP contribution is 2.34. The predicted molar refractivity (Wildman–Crippen MR) is 120 cm³/mol. The lowest BCUT2D eigenvalue weighted by Gasteiger charge is -2.24. The van der Waals surface area contributed by atoms with E-state index in [1.807, 2.05) is 0 Å². The average molecular weight is 450 g/mol. The molecule has 31 heavy (non-hydrogen) atoms. The predicted octanol–water partition coefficient (Wildman–Crippen LogP) is 2.12. The number of ether oxygens (including phenoxy) is 2. The lowest BCUT2D eigenvalue weighted by Crippen LogP contribution is -2.38. The minimum Gasteiger partial charge on any atom is -0.493 e. The number of para-hydroxylation sites is 1. The molecule has 2 amide bonds. The third-order valence-electron chi connectivity index (χ3n) is 4.51. The molecule has 0 saturated carbocycles. The van der Waals surface area contributed by atoms with E-state index in [0.717, 1.165) is 10.6 Å². The Morgan fingerprint density at radius 3 is 2.13 bits per heavy atom. The van der Waals surface area contributed by atoms with Crippen LogP contribution in [0.3, 0.4) is 0 Å². The molecular weight excluding hydrogens is 422 g/mol. The Kier molecular flexibility index (Phi) is 7.50. The van der Waals surface area contributed by atoms with Crippen molar-refractivity contribution >= 4 is 33.2 Å². The zero-order valence-electron chi connectivity index (χ0n) is 18.4. The highest BCUT2D eigenvalue weighted by molar-refractivity contribution is 7.92. The number of amides is 2. The molecular formula is C21H27N3O6S. The minimum atomic E-state index is -3.74. The summed E-state index contributed by atoms with van der Waals surface area (Å²) in [5.41, 5.74) is 1.46. The van der Waals surface area contributed by atoms with Gasteiger partial charge in [0, 0.05) is 20.2 Å². The first-order valence-electron chi connectivity index (χ1n) is 9.30. The Labute approximate surface area is 182 Å². The maximum Gasteiger partial charge on any atom is 0.255 e. The molecule has 0 bridgehead atoms. The summed E-state index contributed by atoms with van der Waals surface area (Å²) in [5, 5.41) is 2.64. The van der Waals surface area contributed by atoms with Crippen LogP contribution in [0, 0.1) is 6.92 Å². The summed E-state index contributed by atoms with van der Waals surface area (Å²) in [6.45, 7) is 1.29. The molecule has 0 radical (unpaired) electrons. The number of aryl methyl sites for hydroxylation is 1. The number of methoxy groups -OCH3 is 2. The van der Waals surface area contributed by atoms with E-state index in [-0.39, 0.29) is 17.2 Å². The van der Waals surface area contributed by atoms with E-state index in [1.165, 1.54) is 31.3 Å². The Bertz CT molecular complexity index is 1080. The van der Waals surface area contributed by atoms with Gasteiger partial charge < -0.3 is 19.7 Å². The SMILES string of the molecule is COc1cc(NC(=O)CN(c2ccccc2C)S(C)(=O)=O)c(C(=O)N(C)C)cc1OC. The smallest absolute Gasteiger partial charge is 0.255 e. The number of hydrogen-bond donors (Lipinski definition) is 1. The fraction of sp³-hybridized carbons (Fsp3) is 0.333. The lowest BCUT2D eigenvalue weighted by atomic mass is 10.1. The second-order valence-electron chi connectivity index (χ2n) is 7.06. The molecule has 2 rings (SSSR count). The highest BCUT2D eigenvalue weighted by Gasteiger charge is 2.24. The molecule has 0 unspecified atom stereocenters. The standard InChI is InChI=1S/C21H27N3O6S/c1-14-9-7-8-10-17(14)24(31(6,27)28)13-20(25)22-16-12-19(30-5)18(29-4)11-15(16)21(26)23(2)3/h7-12H,13H2,1-6H3,(H,22,25). The van der Waals surface area contributed by atoms with E-state index in [1.54, 1.807) is 45.3 Å². The van der Waals surface area contributed by atoms with Gasteiger partial charge >= 0.3 is 0 Å². The number of carbonyl (C=O) groups excluding carboxylic acids is 2. The van der Waals surface area contributed by atoms with E-state index in [4.69, 9.17) is 9.47 Å². The van der Waals surface area contributed by atoms with Crippen molar-refractivity contribution in [3.63, 3.8) is 0 Å². The fourth-order valence-corrected chi connectivity index (χ4v) is 3.86. The second-order valence-corrected chi connectivity index (χ2v) is 8.96. The monoisotopic (exact) mass is 449 g/mol. The van der Waals surface area contributed by atoms with Crippen molar-refractivity contribution in [3.8, 4) is 11.5 Å². The highest BCUT2D eigenvalue weighted by atomic mass is 32.2. The quantitative estimate of drug-likeness (QED) is 0.662. The van der Waals surface area contributed by atoms with Gasteiger partial charge in [-0.25, -0.2) is 8.42 Å². The van der Waals surface area contributed by atoms with Crippen LogP contribution in [0.1, 0.15) is 15.9 Å². The Morgan fingerprint density at radius 2 is 1.61 bits per heavy atom. The van der Waals surface area contributed by atoms with Crippen LogP contribution < -0.4 is 19.1 Å². The Hall–Kier alpha value is -3.27. The van der Waals surface area contributed by atoms with Gasteiger partial charge in [-0.1, -0.05) is 18.2 Å². The van der Waals surface area contributed by atoms with Crippen LogP contribution in [0.15, 0.2) is 36.4 Å². The molecule has 0 atom stereocenters. The van der Waals surface area contributed by atoms with Crippen molar-refractivity contribution in [2.24, 2.45) is 0 Å². The van der Waals surface area contributed by atoms with Crippen LogP contribution in [0.25, 0.3) is 0 Å². The van der Waals surface area contributed by atoms with Crippen LogP contribution in [0.4, 0.5) is 11.4 Å². The number of nitrogens with one attached hydrogen (secondary N) is 1. The summed E-state index contributed by atoms with van der Waals surface area (Å²) in [7, 11) is 2.28. The topological polar surface area (TPSA) is 105 Å². The van der Waals surface area contributed by atoms with Gasteiger partial charge in [-0.2, -0.15) is 0 Å². The molecule has 1 N–H and O–H groups in total. The van der Waals surface area contributed by atoms with Crippen LogP contribution in [0.5, 0.6) is 11.5 Å². The molecule has 0 aromatic heterocycles. The average Bonchev–Trinajstić information content (AvgIpc) is 2.70. The number of hydrogen-bond acceptors (Lipinski definition) is 6. The molecule has 0 heterocycles. The van der Waals surface area contributed by atoms with Gasteiger partial charge in [0.25, 0.3) is 5.91 Å². The van der Waals surface area contributed by atoms with Crippen molar-refractivity contribution < 1.29 is 27.5 Å². The Morgan fingerprint density at radius 1 is 1.03 bits per heavy atom. The summed E-state index contributed by atoms with van der Waals surface area (Å²) >= 11 is 0. The third-order valence-corrected chi connectivity index (χ3v) is 5.63. The number of sulfonamides is 1. The summed E-state index contributed by atoms with van der Waals surface area (Å²) < 4.78 is 36.3. The molecule has 0 aliphatic carbocycles. The number of rotatable bonds is 8. The molecule has 0 spiro atoms. The van der Waals surface area contributed by atoms with E-state index in [0.29, 0.717) is 22.7 Å². The molecule has 10 heteroatoms. The normalized spacial score (nSPS) is 10.9. The number of nitrogens with zero attached hydrogens (tertiary/aromatic N) is 2. The van der Waals surface area contributed by atoms with Crippen LogP contribution in [-0.2, 0) is 14.8 Å². The van der Waals surface area contributed by atoms with Gasteiger partial charge in [-0.05, 0) is 24.6 Å². The van der Waals surface area contributed by atoms with Gasteiger partial charge in [0.1, 0.15) is 6.54 Å². The van der Waals surface area contributed by atoms with E-state index in [9.17, 15) is 18.0 Å². The zero-order chi connectivity index (χ0) is 23.3. The van der Waals surface area contributed by atoms with Crippen molar-refractivity contribution in [2.45, 2.75) is 6.92 Å². The van der Waals surface area contributed by atoms with Crippen LogP contribution in [0.2, 0.25) is 0 Å². The largest absolute Gasteiger partial charge is 0.493 e. The number of anilines is 2. The van der Waals surface area contributed by atoms with Gasteiger partial charge in [0.2, 0.25) is 15.9 Å². The summed E-state index contributed by atoms with van der Waals surface area (Å²) in [6.07, 6.45) is 1.03. The molecule has 168 valence electrons. The summed E-state index contributed by atoms with van der Waals surface area (Å²) in [4.78, 5) is 26.8. The number of carbonyl (C=O) groups is 2. The first-order valence-corrected chi connectivity index (χ1v) is 11.1. The van der Waals surface area contributed by atoms with Crippen molar-refractivity contribution in [1.29, 1.82) is 0 Å². The summed E-state index contributed by atoms with van der Waals surface area (Å²) in [5.74, 6) is -0.348. The van der Waals surface area contributed by atoms with Gasteiger partial charge in [-0.3, -0.25) is 13.9 Å². The second kappa shape index (κ2) is 9.69. The molecule has 0 aliphatic rings. The first kappa shape index (κ1) is 24.0. The summed E-state index contributed by atoms with van der Waals surface area (Å²) in [6, 6.07) is 9.79. The lowest BCUT2D eigenvalue weighted by molar-refractivity contribution is -0.114. The van der Waals surface area contributed by atoms with Crippen molar-refractivity contribution in [3.05, 3.63) is 47.5 Å². The minimum absolute atomic E-state index is 0.179. The van der Waals surface area contributed by atoms with Gasteiger partial charge in [-0.15, -0.1) is 0 Å². The van der Waals surface area contributed by atoms with Crippen molar-refractivity contribution in [1.82, 2.24) is 4.90 Å². The maximum atomic E-state index is 12.8. The first-order chi connectivity index (χ1) is 14.5. The van der Waals surface area contributed by atoms with Crippen LogP contribution >= 0.6 is 0 Å². The maximum absolute atomic E-state index is 12.8. The van der Waals surface area contributed by atoms with E-state index >= 15 is 0 Å². The molecule has 9 nitrogen and oxygen atoms in total. The van der Waals surface area contributed by atoms with E-state index < -0.39 is 22.5 Å². The number of benzene rings is 2. The van der Waals surface area contributed by atoms with Gasteiger partial charge in [0.15, 0.2) is 11.5 Å². The third kappa shape index (κ3) is 5.66. The molecule has 0 fully saturated rings. The molecule has 0 saturated heterocycles. The Balaban J connectivity index is 2.43. The zero-order valence-corrected chi connectivity index (χ0v) is 19.2. The van der Waals surface area contributed by atoms with E-state index in [2.05, 4.69) is 5.32 Å². The molecule has 2 aromatic carbocycles. The van der Waals surface area contributed by atoms with Gasteiger partial charge in [0.05, 0.1) is 37.4 Å². The van der Waals surface area contributed by atoms with Crippen molar-refractivity contribution in [2.75, 3.05) is 50.7 Å². The van der Waals surface area contributed by atoms with Crippen LogP contribution in [-0.4, -0.2) is 66.2 Å². The fourth-order valence-electron chi connectivity index (χ4n) is 2.94.